The Hall–Kier alpha value is -1.82. The fraction of sp³-hybridized carbons (Fsp3) is 0.333. The van der Waals surface area contributed by atoms with Crippen molar-refractivity contribution < 1.29 is 24.2 Å². The molecule has 0 aliphatic heterocycles. The molecule has 1 rings (SSSR count). The Morgan fingerprint density at radius 3 is 2.61 bits per heavy atom. The minimum atomic E-state index is -1.15. The molecule has 6 heteroatoms. The summed E-state index contributed by atoms with van der Waals surface area (Å²) >= 11 is 1.24. The molecule has 18 heavy (non-hydrogen) atoms. The molecular formula is C12H14O5S. The van der Waals surface area contributed by atoms with Gasteiger partial charge >= 0.3 is 11.9 Å². The number of aliphatic carboxylic acids is 1. The third kappa shape index (κ3) is 3.33. The van der Waals surface area contributed by atoms with Crippen molar-refractivity contribution in [1.29, 1.82) is 0 Å². The zero-order valence-electron chi connectivity index (χ0n) is 10.1. The molecule has 0 spiro atoms. The van der Waals surface area contributed by atoms with Crippen LogP contribution in [0.15, 0.2) is 17.0 Å². The summed E-state index contributed by atoms with van der Waals surface area (Å²) in [5.74, 6) is -1.67. The third-order valence-electron chi connectivity index (χ3n) is 2.08. The average molecular weight is 270 g/mol. The molecule has 5 nitrogen and oxygen atoms in total. The second kappa shape index (κ2) is 6.80. The lowest BCUT2D eigenvalue weighted by Crippen LogP contribution is -2.09. The smallest absolute Gasteiger partial charge is 0.339 e. The summed E-state index contributed by atoms with van der Waals surface area (Å²) in [4.78, 5) is 22.8. The van der Waals surface area contributed by atoms with Crippen molar-refractivity contribution in [2.45, 2.75) is 13.3 Å². The van der Waals surface area contributed by atoms with Crippen molar-refractivity contribution in [3.05, 3.63) is 28.1 Å². The van der Waals surface area contributed by atoms with Gasteiger partial charge in [0, 0.05) is 10.9 Å². The Labute approximate surface area is 109 Å². The maximum absolute atomic E-state index is 11.7. The quantitative estimate of drug-likeness (QED) is 0.488. The van der Waals surface area contributed by atoms with Crippen LogP contribution in [0.25, 0.3) is 5.57 Å². The number of rotatable bonds is 6. The maximum atomic E-state index is 11.7. The van der Waals surface area contributed by atoms with Crippen LogP contribution in [-0.2, 0) is 14.3 Å². The molecule has 0 unspecified atom stereocenters. The van der Waals surface area contributed by atoms with Gasteiger partial charge in [0.2, 0.25) is 0 Å². The number of esters is 1. The minimum Gasteiger partial charge on any atom is -0.503 e. The molecule has 1 N–H and O–H groups in total. The second-order valence-corrected chi connectivity index (χ2v) is 4.15. The van der Waals surface area contributed by atoms with E-state index in [1.54, 1.807) is 10.8 Å². The van der Waals surface area contributed by atoms with Crippen LogP contribution in [0.5, 0.6) is 0 Å². The molecule has 1 aromatic rings. The molecule has 1 aromatic heterocycles. The summed E-state index contributed by atoms with van der Waals surface area (Å²) in [5, 5.41) is 12.2. The fourth-order valence-electron chi connectivity index (χ4n) is 1.28. The number of carbonyl (C=O) groups excluding carboxylic acids is 1. The van der Waals surface area contributed by atoms with E-state index in [1.807, 2.05) is 6.92 Å². The van der Waals surface area contributed by atoms with E-state index >= 15 is 0 Å². The van der Waals surface area contributed by atoms with Crippen molar-refractivity contribution in [3.63, 3.8) is 0 Å². The average Bonchev–Trinajstić information content (AvgIpc) is 2.81. The Kier molecular flexibility index (Phi) is 5.38. The lowest BCUT2D eigenvalue weighted by molar-refractivity contribution is -0.130. The van der Waals surface area contributed by atoms with Crippen LogP contribution in [0.2, 0.25) is 0 Å². The van der Waals surface area contributed by atoms with Crippen molar-refractivity contribution in [2.75, 3.05) is 13.7 Å². The van der Waals surface area contributed by atoms with Gasteiger partial charge in [0.25, 0.3) is 0 Å². The lowest BCUT2D eigenvalue weighted by Gasteiger charge is -2.05. The first-order valence-electron chi connectivity index (χ1n) is 5.31. The van der Waals surface area contributed by atoms with Gasteiger partial charge in [-0.3, -0.25) is 0 Å². The largest absolute Gasteiger partial charge is 0.503 e. The van der Waals surface area contributed by atoms with E-state index in [-0.39, 0.29) is 11.1 Å². The van der Waals surface area contributed by atoms with Gasteiger partial charge in [-0.25, -0.2) is 9.59 Å². The highest BCUT2D eigenvalue weighted by molar-refractivity contribution is 7.08. The summed E-state index contributed by atoms with van der Waals surface area (Å²) in [6.07, 6.45) is 1.81. The summed E-state index contributed by atoms with van der Waals surface area (Å²) < 4.78 is 9.71. The number of carbonyl (C=O) groups is 2. The molecule has 0 aliphatic carbocycles. The molecule has 0 saturated heterocycles. The van der Waals surface area contributed by atoms with Crippen LogP contribution in [0.1, 0.15) is 29.3 Å². The number of hydrogen-bond donors (Lipinski definition) is 1. The molecule has 0 amide bonds. The highest BCUT2D eigenvalue weighted by atomic mass is 32.1. The maximum Gasteiger partial charge on any atom is 0.339 e. The molecule has 0 saturated carbocycles. The first-order valence-corrected chi connectivity index (χ1v) is 6.26. The molecule has 0 radical (unpaired) electrons. The SMILES string of the molecule is CCCOC(=O)c1cscc1/C(=C\OC)C(=O)O. The van der Waals surface area contributed by atoms with Crippen LogP contribution in [0, 0.1) is 0 Å². The topological polar surface area (TPSA) is 72.8 Å². The number of thiophene rings is 1. The van der Waals surface area contributed by atoms with Gasteiger partial charge in [0.05, 0.1) is 25.5 Å². The molecule has 0 fully saturated rings. The summed E-state index contributed by atoms with van der Waals surface area (Å²) in [6, 6.07) is 0. The van der Waals surface area contributed by atoms with Gasteiger partial charge in [-0.1, -0.05) is 6.92 Å². The summed E-state index contributed by atoms with van der Waals surface area (Å²) in [7, 11) is 1.35. The van der Waals surface area contributed by atoms with Crippen molar-refractivity contribution in [1.82, 2.24) is 0 Å². The predicted octanol–water partition coefficient (Wildman–Crippen LogP) is 2.39. The zero-order chi connectivity index (χ0) is 13.5. The van der Waals surface area contributed by atoms with Gasteiger partial charge in [-0.15, -0.1) is 0 Å². The molecule has 0 aliphatic rings. The first-order chi connectivity index (χ1) is 8.61. The van der Waals surface area contributed by atoms with Crippen LogP contribution in [0.3, 0.4) is 0 Å². The van der Waals surface area contributed by atoms with Gasteiger partial charge < -0.3 is 14.6 Å². The monoisotopic (exact) mass is 270 g/mol. The van der Waals surface area contributed by atoms with Crippen LogP contribution in [0.4, 0.5) is 0 Å². The standard InChI is InChI=1S/C12H14O5S/c1-3-4-17-12(15)10-7-18-6-9(10)8(5-16-2)11(13)14/h5-7H,3-4H2,1-2H3,(H,13,14)/b8-5+. The van der Waals surface area contributed by atoms with Crippen molar-refractivity contribution in [3.8, 4) is 0 Å². The fourth-order valence-corrected chi connectivity index (χ4v) is 2.10. The Morgan fingerprint density at radius 2 is 2.06 bits per heavy atom. The molecule has 1 heterocycles. The van der Waals surface area contributed by atoms with E-state index in [0.717, 1.165) is 6.26 Å². The van der Waals surface area contributed by atoms with Crippen LogP contribution >= 0.6 is 11.3 Å². The Morgan fingerprint density at radius 1 is 1.39 bits per heavy atom. The molecule has 0 bridgehead atoms. The van der Waals surface area contributed by atoms with Crippen LogP contribution < -0.4 is 0 Å². The molecule has 98 valence electrons. The molecule has 0 aromatic carbocycles. The van der Waals surface area contributed by atoms with Crippen LogP contribution in [-0.4, -0.2) is 30.8 Å². The summed E-state index contributed by atoms with van der Waals surface area (Å²) in [5.41, 5.74) is 0.497. The lowest BCUT2D eigenvalue weighted by atomic mass is 10.1. The second-order valence-electron chi connectivity index (χ2n) is 3.41. The van der Waals surface area contributed by atoms with E-state index in [0.29, 0.717) is 18.6 Å². The third-order valence-corrected chi connectivity index (χ3v) is 2.82. The highest BCUT2D eigenvalue weighted by Gasteiger charge is 2.21. The highest BCUT2D eigenvalue weighted by Crippen LogP contribution is 2.24. The number of carboxylic acid groups (broad SMARTS) is 1. The molecular weight excluding hydrogens is 256 g/mol. The van der Waals surface area contributed by atoms with Gasteiger partial charge in [-0.2, -0.15) is 11.3 Å². The van der Waals surface area contributed by atoms with E-state index in [9.17, 15) is 9.59 Å². The van der Waals surface area contributed by atoms with Gasteiger partial charge in [-0.05, 0) is 11.8 Å². The summed E-state index contributed by atoms with van der Waals surface area (Å²) in [6.45, 7) is 2.19. The number of hydrogen-bond acceptors (Lipinski definition) is 5. The number of ether oxygens (including phenoxy) is 2. The number of methoxy groups -OCH3 is 1. The van der Waals surface area contributed by atoms with E-state index in [2.05, 4.69) is 0 Å². The zero-order valence-corrected chi connectivity index (χ0v) is 11.0. The van der Waals surface area contributed by atoms with E-state index in [1.165, 1.54) is 18.4 Å². The van der Waals surface area contributed by atoms with Crippen molar-refractivity contribution >= 4 is 28.8 Å². The van der Waals surface area contributed by atoms with Gasteiger partial charge in [0.1, 0.15) is 5.57 Å². The first kappa shape index (κ1) is 14.2. The number of carboxylic acids is 1. The molecule has 0 atom stereocenters. The Balaban J connectivity index is 3.04. The minimum absolute atomic E-state index is 0.0674. The van der Waals surface area contributed by atoms with Gasteiger partial charge in [0.15, 0.2) is 0 Å². The predicted molar refractivity (Wildman–Crippen MR) is 67.5 cm³/mol. The van der Waals surface area contributed by atoms with Crippen molar-refractivity contribution in [2.24, 2.45) is 0 Å². The van der Waals surface area contributed by atoms with E-state index < -0.39 is 11.9 Å². The normalized spacial score (nSPS) is 11.1. The Bertz CT molecular complexity index is 461. The van der Waals surface area contributed by atoms with E-state index in [4.69, 9.17) is 14.6 Å².